The van der Waals surface area contributed by atoms with Crippen LogP contribution in [0, 0.1) is 6.92 Å². The third kappa shape index (κ3) is 4.01. The molecule has 0 aromatic carbocycles. The lowest BCUT2D eigenvalue weighted by atomic mass is 10.2. The number of rotatable bonds is 5. The van der Waals surface area contributed by atoms with Crippen molar-refractivity contribution in [3.8, 4) is 0 Å². The third-order valence-corrected chi connectivity index (χ3v) is 3.12. The van der Waals surface area contributed by atoms with Gasteiger partial charge in [-0.15, -0.1) is 11.3 Å². The summed E-state index contributed by atoms with van der Waals surface area (Å²) in [6.45, 7) is 4.16. The maximum Gasteiger partial charge on any atom is 0.305 e. The van der Waals surface area contributed by atoms with Crippen molar-refractivity contribution in [3.63, 3.8) is 0 Å². The van der Waals surface area contributed by atoms with Crippen LogP contribution < -0.4 is 0 Å². The van der Waals surface area contributed by atoms with Gasteiger partial charge >= 0.3 is 5.97 Å². The van der Waals surface area contributed by atoms with Gasteiger partial charge in [0.2, 0.25) is 0 Å². The lowest BCUT2D eigenvalue weighted by Crippen LogP contribution is -2.06. The summed E-state index contributed by atoms with van der Waals surface area (Å²) < 4.78 is 4.79. The lowest BCUT2D eigenvalue weighted by Gasteiger charge is -2.07. The molecule has 1 heterocycles. The van der Waals surface area contributed by atoms with Crippen LogP contribution in [0.2, 0.25) is 0 Å². The number of hydrogen-bond acceptors (Lipinski definition) is 4. The Morgan fingerprint density at radius 3 is 2.87 bits per heavy atom. The van der Waals surface area contributed by atoms with Crippen molar-refractivity contribution < 1.29 is 14.6 Å². The fraction of sp³-hybridized carbons (Fsp3) is 0.545. The molecule has 0 saturated heterocycles. The van der Waals surface area contributed by atoms with E-state index in [1.807, 2.05) is 19.1 Å². The highest BCUT2D eigenvalue weighted by Crippen LogP contribution is 2.25. The summed E-state index contributed by atoms with van der Waals surface area (Å²) in [6, 6.07) is 3.86. The smallest absolute Gasteiger partial charge is 0.305 e. The molecule has 0 radical (unpaired) electrons. The molecule has 0 amide bonds. The van der Waals surface area contributed by atoms with Crippen LogP contribution >= 0.6 is 11.3 Å². The molecule has 15 heavy (non-hydrogen) atoms. The summed E-state index contributed by atoms with van der Waals surface area (Å²) in [7, 11) is 0. The molecule has 4 heteroatoms. The Kier molecular flexibility index (Phi) is 4.78. The van der Waals surface area contributed by atoms with Crippen molar-refractivity contribution in [2.24, 2.45) is 0 Å². The maximum absolute atomic E-state index is 11.1. The molecule has 0 fully saturated rings. The molecule has 1 aromatic heterocycles. The number of aryl methyl sites for hydroxylation is 1. The van der Waals surface area contributed by atoms with Gasteiger partial charge in [-0.25, -0.2) is 0 Å². The Morgan fingerprint density at radius 2 is 2.33 bits per heavy atom. The Bertz CT molecular complexity index is 319. The Balaban J connectivity index is 2.36. The summed E-state index contributed by atoms with van der Waals surface area (Å²) in [5.41, 5.74) is 0. The largest absolute Gasteiger partial charge is 0.466 e. The van der Waals surface area contributed by atoms with Gasteiger partial charge in [0.25, 0.3) is 0 Å². The van der Waals surface area contributed by atoms with Gasteiger partial charge in [-0.1, -0.05) is 0 Å². The molecule has 1 unspecified atom stereocenters. The molecule has 3 nitrogen and oxygen atoms in total. The second-order valence-corrected chi connectivity index (χ2v) is 4.63. The predicted molar refractivity (Wildman–Crippen MR) is 59.9 cm³/mol. The summed E-state index contributed by atoms with van der Waals surface area (Å²) in [5.74, 6) is -0.246. The molecule has 1 aromatic rings. The summed E-state index contributed by atoms with van der Waals surface area (Å²) in [5, 5.41) is 9.75. The SMILES string of the molecule is CCOC(=O)CCC(O)c1ccc(C)s1. The molecule has 0 spiro atoms. The topological polar surface area (TPSA) is 46.5 Å². The van der Waals surface area contributed by atoms with E-state index in [1.165, 1.54) is 4.88 Å². The summed E-state index contributed by atoms with van der Waals surface area (Å²) >= 11 is 1.56. The van der Waals surface area contributed by atoms with Gasteiger partial charge in [-0.2, -0.15) is 0 Å². The molecular weight excluding hydrogens is 212 g/mol. The van der Waals surface area contributed by atoms with Gasteiger partial charge in [0.1, 0.15) is 0 Å². The standard InChI is InChI=1S/C11H16O3S/c1-3-14-11(13)7-5-9(12)10-6-4-8(2)15-10/h4,6,9,12H,3,5,7H2,1-2H3. The summed E-state index contributed by atoms with van der Waals surface area (Å²) in [6.07, 6.45) is 0.151. The zero-order valence-corrected chi connectivity index (χ0v) is 9.84. The fourth-order valence-corrected chi connectivity index (χ4v) is 2.16. The second-order valence-electron chi connectivity index (χ2n) is 3.31. The van der Waals surface area contributed by atoms with E-state index >= 15 is 0 Å². The molecule has 0 aliphatic rings. The highest BCUT2D eigenvalue weighted by molar-refractivity contribution is 7.12. The maximum atomic E-state index is 11.1. The number of aliphatic hydroxyl groups excluding tert-OH is 1. The summed E-state index contributed by atoms with van der Waals surface area (Å²) in [4.78, 5) is 13.1. The first-order valence-electron chi connectivity index (χ1n) is 5.03. The predicted octanol–water partition coefficient (Wildman–Crippen LogP) is 2.43. The monoisotopic (exact) mass is 228 g/mol. The number of carbonyl (C=O) groups excluding carboxylic acids is 1. The number of aliphatic hydroxyl groups is 1. The van der Waals surface area contributed by atoms with E-state index in [2.05, 4.69) is 0 Å². The number of hydrogen-bond donors (Lipinski definition) is 1. The minimum atomic E-state index is -0.548. The van der Waals surface area contributed by atoms with Crippen LogP contribution in [0.1, 0.15) is 35.6 Å². The van der Waals surface area contributed by atoms with Crippen molar-refractivity contribution in [1.29, 1.82) is 0 Å². The van der Waals surface area contributed by atoms with Crippen LogP contribution in [0.5, 0.6) is 0 Å². The quantitative estimate of drug-likeness (QED) is 0.787. The second kappa shape index (κ2) is 5.88. The van der Waals surface area contributed by atoms with Crippen LogP contribution in [-0.2, 0) is 9.53 Å². The van der Waals surface area contributed by atoms with Crippen LogP contribution in [0.3, 0.4) is 0 Å². The van der Waals surface area contributed by atoms with Gasteiger partial charge in [-0.05, 0) is 32.4 Å². The van der Waals surface area contributed by atoms with Crippen molar-refractivity contribution in [3.05, 3.63) is 21.9 Å². The molecular formula is C11H16O3S. The van der Waals surface area contributed by atoms with E-state index in [9.17, 15) is 9.90 Å². The van der Waals surface area contributed by atoms with Gasteiger partial charge in [-0.3, -0.25) is 4.79 Å². The minimum Gasteiger partial charge on any atom is -0.466 e. The first-order valence-corrected chi connectivity index (χ1v) is 5.85. The fourth-order valence-electron chi connectivity index (χ4n) is 1.26. The van der Waals surface area contributed by atoms with Gasteiger partial charge < -0.3 is 9.84 Å². The van der Waals surface area contributed by atoms with Crippen LogP contribution in [0.4, 0.5) is 0 Å². The van der Waals surface area contributed by atoms with Crippen molar-refractivity contribution in [2.75, 3.05) is 6.61 Å². The van der Waals surface area contributed by atoms with Gasteiger partial charge in [0.05, 0.1) is 12.7 Å². The Morgan fingerprint density at radius 1 is 1.60 bits per heavy atom. The van der Waals surface area contributed by atoms with Crippen LogP contribution in [-0.4, -0.2) is 17.7 Å². The highest BCUT2D eigenvalue weighted by atomic mass is 32.1. The third-order valence-electron chi connectivity index (χ3n) is 2.02. The van der Waals surface area contributed by atoms with E-state index in [0.717, 1.165) is 4.88 Å². The van der Waals surface area contributed by atoms with E-state index in [0.29, 0.717) is 13.0 Å². The van der Waals surface area contributed by atoms with E-state index in [1.54, 1.807) is 18.3 Å². The number of ether oxygens (including phenoxy) is 1. The minimum absolute atomic E-state index is 0.246. The molecule has 0 aliphatic carbocycles. The zero-order valence-electron chi connectivity index (χ0n) is 9.03. The lowest BCUT2D eigenvalue weighted by molar-refractivity contribution is -0.143. The average Bonchev–Trinajstić information content (AvgIpc) is 2.62. The van der Waals surface area contributed by atoms with Crippen LogP contribution in [0.15, 0.2) is 12.1 Å². The van der Waals surface area contributed by atoms with E-state index in [-0.39, 0.29) is 12.4 Å². The molecule has 1 rings (SSSR count). The molecule has 0 aliphatic heterocycles. The molecule has 0 bridgehead atoms. The number of carbonyl (C=O) groups is 1. The Labute approximate surface area is 93.7 Å². The van der Waals surface area contributed by atoms with Crippen molar-refractivity contribution >= 4 is 17.3 Å². The number of esters is 1. The van der Waals surface area contributed by atoms with E-state index in [4.69, 9.17) is 4.74 Å². The van der Waals surface area contributed by atoms with Gasteiger partial charge in [0, 0.05) is 16.2 Å². The van der Waals surface area contributed by atoms with Gasteiger partial charge in [0.15, 0.2) is 0 Å². The van der Waals surface area contributed by atoms with Crippen LogP contribution in [0.25, 0.3) is 0 Å². The zero-order chi connectivity index (χ0) is 11.3. The Hall–Kier alpha value is -0.870. The van der Waals surface area contributed by atoms with Crippen molar-refractivity contribution in [1.82, 2.24) is 0 Å². The van der Waals surface area contributed by atoms with E-state index < -0.39 is 6.10 Å². The average molecular weight is 228 g/mol. The first kappa shape index (κ1) is 12.2. The molecule has 1 N–H and O–H groups in total. The number of thiophene rings is 1. The highest BCUT2D eigenvalue weighted by Gasteiger charge is 2.12. The molecule has 84 valence electrons. The normalized spacial score (nSPS) is 12.5. The first-order chi connectivity index (χ1) is 7.13. The molecule has 1 atom stereocenters. The van der Waals surface area contributed by atoms with Crippen molar-refractivity contribution in [2.45, 2.75) is 32.8 Å². The molecule has 0 saturated carbocycles.